The van der Waals surface area contributed by atoms with E-state index >= 15 is 0 Å². The monoisotopic (exact) mass is 198 g/mol. The van der Waals surface area contributed by atoms with Crippen molar-refractivity contribution < 1.29 is 14.7 Å². The zero-order chi connectivity index (χ0) is 10.6. The van der Waals surface area contributed by atoms with Gasteiger partial charge in [0, 0.05) is 12.7 Å². The molecular formula is C7H10N4O3. The van der Waals surface area contributed by atoms with Gasteiger partial charge in [0.2, 0.25) is 0 Å². The number of nitrogens with one attached hydrogen (secondary N) is 1. The summed E-state index contributed by atoms with van der Waals surface area (Å²) in [5.74, 6) is -0.986. The first-order valence-corrected chi connectivity index (χ1v) is 3.89. The zero-order valence-corrected chi connectivity index (χ0v) is 7.30. The Morgan fingerprint density at radius 1 is 1.64 bits per heavy atom. The van der Waals surface area contributed by atoms with Gasteiger partial charge in [0.15, 0.2) is 0 Å². The van der Waals surface area contributed by atoms with Gasteiger partial charge in [-0.25, -0.2) is 4.79 Å². The van der Waals surface area contributed by atoms with Crippen LogP contribution >= 0.6 is 0 Å². The minimum Gasteiger partial charge on any atom is -0.481 e. The third kappa shape index (κ3) is 2.47. The number of carbonyl (C=O) groups is 2. The Balaban J connectivity index is 2.66. The molecule has 0 aliphatic rings. The topological polar surface area (TPSA) is 112 Å². The molecule has 1 aromatic heterocycles. The molecule has 7 nitrogen and oxygen atoms in total. The molecule has 4 N–H and O–H groups in total. The first-order chi connectivity index (χ1) is 6.61. The van der Waals surface area contributed by atoms with Crippen LogP contribution in [0.15, 0.2) is 12.4 Å². The molecule has 0 saturated carbocycles. The van der Waals surface area contributed by atoms with E-state index in [2.05, 4.69) is 10.2 Å². The maximum Gasteiger partial charge on any atom is 0.319 e. The number of nitrogens with zero attached hydrogens (tertiary/aromatic N) is 2. The maximum atomic E-state index is 10.9. The number of rotatable bonds is 4. The third-order valence-corrected chi connectivity index (χ3v) is 1.61. The van der Waals surface area contributed by atoms with E-state index in [1.165, 1.54) is 12.4 Å². The van der Waals surface area contributed by atoms with Gasteiger partial charge in [0.25, 0.3) is 0 Å². The molecule has 0 aliphatic heterocycles. The summed E-state index contributed by atoms with van der Waals surface area (Å²) in [7, 11) is 0. The lowest BCUT2D eigenvalue weighted by Crippen LogP contribution is -2.37. The summed E-state index contributed by atoms with van der Waals surface area (Å²) >= 11 is 0. The van der Waals surface area contributed by atoms with Crippen LogP contribution < -0.4 is 10.6 Å². The summed E-state index contributed by atoms with van der Waals surface area (Å²) in [4.78, 5) is 22.4. The van der Waals surface area contributed by atoms with Crippen molar-refractivity contribution in [1.29, 1.82) is 0 Å². The van der Waals surface area contributed by atoms with E-state index < -0.39 is 12.0 Å². The average molecular weight is 198 g/mol. The number of hydrogen-bond acceptors (Lipinski definition) is 3. The second kappa shape index (κ2) is 4.26. The molecule has 1 aromatic rings. The van der Waals surface area contributed by atoms with Gasteiger partial charge in [-0.3, -0.25) is 14.8 Å². The summed E-state index contributed by atoms with van der Waals surface area (Å²) in [6.45, 7) is 0.0319. The fourth-order valence-electron chi connectivity index (χ4n) is 0.966. The van der Waals surface area contributed by atoms with E-state index in [0.717, 1.165) is 4.90 Å². The molecular weight excluding hydrogens is 188 g/mol. The van der Waals surface area contributed by atoms with Crippen molar-refractivity contribution >= 4 is 17.7 Å². The highest BCUT2D eigenvalue weighted by Gasteiger charge is 2.14. The van der Waals surface area contributed by atoms with E-state index in [4.69, 9.17) is 10.8 Å². The number of aliphatic carboxylic acids is 1. The molecule has 0 radical (unpaired) electrons. The smallest absolute Gasteiger partial charge is 0.319 e. The molecule has 0 unspecified atom stereocenters. The SMILES string of the molecule is NC(=O)N(CCC(=O)O)c1cn[nH]c1. The molecule has 0 aromatic carbocycles. The van der Waals surface area contributed by atoms with Crippen molar-refractivity contribution in [1.82, 2.24) is 10.2 Å². The quantitative estimate of drug-likeness (QED) is 0.620. The summed E-state index contributed by atoms with van der Waals surface area (Å²) in [6.07, 6.45) is 2.70. The van der Waals surface area contributed by atoms with Crippen LogP contribution in [0, 0.1) is 0 Å². The number of carboxylic acids is 1. The third-order valence-electron chi connectivity index (χ3n) is 1.61. The Kier molecular flexibility index (Phi) is 3.05. The molecule has 1 heterocycles. The van der Waals surface area contributed by atoms with Crippen LogP contribution in [0.25, 0.3) is 0 Å². The van der Waals surface area contributed by atoms with Crippen molar-refractivity contribution in [2.45, 2.75) is 6.42 Å². The molecule has 0 bridgehead atoms. The molecule has 0 spiro atoms. The van der Waals surface area contributed by atoms with E-state index in [9.17, 15) is 9.59 Å². The van der Waals surface area contributed by atoms with Gasteiger partial charge in [0.1, 0.15) is 0 Å². The minimum atomic E-state index is -0.986. The highest BCUT2D eigenvalue weighted by Crippen LogP contribution is 2.10. The average Bonchev–Trinajstić information content (AvgIpc) is 2.56. The highest BCUT2D eigenvalue weighted by molar-refractivity contribution is 5.90. The molecule has 0 aliphatic carbocycles. The molecule has 76 valence electrons. The van der Waals surface area contributed by atoms with Crippen molar-refractivity contribution in [3.8, 4) is 0 Å². The summed E-state index contributed by atoms with van der Waals surface area (Å²) in [6, 6.07) is -0.701. The lowest BCUT2D eigenvalue weighted by molar-refractivity contribution is -0.136. The Morgan fingerprint density at radius 2 is 2.36 bits per heavy atom. The van der Waals surface area contributed by atoms with Crippen LogP contribution in [0.3, 0.4) is 0 Å². The lowest BCUT2D eigenvalue weighted by atomic mass is 10.3. The number of nitrogens with two attached hydrogens (primary N) is 1. The first kappa shape index (κ1) is 10.0. The molecule has 14 heavy (non-hydrogen) atoms. The number of H-pyrrole nitrogens is 1. The maximum absolute atomic E-state index is 10.9. The zero-order valence-electron chi connectivity index (χ0n) is 7.30. The van der Waals surface area contributed by atoms with Gasteiger partial charge < -0.3 is 10.8 Å². The van der Waals surface area contributed by atoms with Gasteiger partial charge in [-0.05, 0) is 0 Å². The van der Waals surface area contributed by atoms with Gasteiger partial charge in [-0.15, -0.1) is 0 Å². The fourth-order valence-corrected chi connectivity index (χ4v) is 0.966. The Morgan fingerprint density at radius 3 is 2.79 bits per heavy atom. The predicted molar refractivity (Wildman–Crippen MR) is 47.8 cm³/mol. The largest absolute Gasteiger partial charge is 0.481 e. The predicted octanol–water partition coefficient (Wildman–Crippen LogP) is -0.231. The minimum absolute atomic E-state index is 0.0319. The fraction of sp³-hybridized carbons (Fsp3) is 0.286. The van der Waals surface area contributed by atoms with Crippen LogP contribution in [0.1, 0.15) is 6.42 Å². The Bertz CT molecular complexity index is 322. The number of carbonyl (C=O) groups excluding carboxylic acids is 1. The lowest BCUT2D eigenvalue weighted by Gasteiger charge is -2.16. The van der Waals surface area contributed by atoms with E-state index in [-0.39, 0.29) is 13.0 Å². The number of primary amides is 1. The Hall–Kier alpha value is -2.05. The Labute approximate surface area is 79.5 Å². The highest BCUT2D eigenvalue weighted by atomic mass is 16.4. The normalized spacial score (nSPS) is 9.71. The van der Waals surface area contributed by atoms with Crippen LogP contribution in [-0.4, -0.2) is 33.8 Å². The van der Waals surface area contributed by atoms with Gasteiger partial charge >= 0.3 is 12.0 Å². The number of urea groups is 1. The first-order valence-electron chi connectivity index (χ1n) is 3.89. The summed E-state index contributed by atoms with van der Waals surface area (Å²) < 4.78 is 0. The second-order valence-corrected chi connectivity index (χ2v) is 2.59. The molecule has 7 heteroatoms. The van der Waals surface area contributed by atoms with E-state index in [1.54, 1.807) is 0 Å². The van der Waals surface area contributed by atoms with Gasteiger partial charge in [-0.2, -0.15) is 5.10 Å². The van der Waals surface area contributed by atoms with Crippen molar-refractivity contribution in [2.24, 2.45) is 5.73 Å². The van der Waals surface area contributed by atoms with Crippen molar-refractivity contribution in [3.63, 3.8) is 0 Å². The number of aromatic nitrogens is 2. The van der Waals surface area contributed by atoms with Crippen molar-refractivity contribution in [3.05, 3.63) is 12.4 Å². The van der Waals surface area contributed by atoms with Crippen molar-refractivity contribution in [2.75, 3.05) is 11.4 Å². The van der Waals surface area contributed by atoms with Gasteiger partial charge in [0.05, 0.1) is 18.3 Å². The second-order valence-electron chi connectivity index (χ2n) is 2.59. The molecule has 0 saturated heterocycles. The molecule has 0 atom stereocenters. The van der Waals surface area contributed by atoms with Crippen LogP contribution in [-0.2, 0) is 4.79 Å². The number of carboxylic acid groups (broad SMARTS) is 1. The number of hydrogen-bond donors (Lipinski definition) is 3. The number of anilines is 1. The van der Waals surface area contributed by atoms with Gasteiger partial charge in [-0.1, -0.05) is 0 Å². The van der Waals surface area contributed by atoms with E-state index in [0.29, 0.717) is 5.69 Å². The van der Waals surface area contributed by atoms with Crippen LogP contribution in [0.2, 0.25) is 0 Å². The number of amides is 2. The van der Waals surface area contributed by atoms with E-state index in [1.807, 2.05) is 0 Å². The summed E-state index contributed by atoms with van der Waals surface area (Å²) in [5, 5.41) is 14.6. The molecule has 0 fully saturated rings. The summed E-state index contributed by atoms with van der Waals surface area (Å²) in [5.41, 5.74) is 5.52. The number of aromatic amines is 1. The van der Waals surface area contributed by atoms with Crippen LogP contribution in [0.5, 0.6) is 0 Å². The standard InChI is InChI=1S/C7H10N4O3/c8-7(14)11(2-1-6(12)13)5-3-9-10-4-5/h3-4H,1-2H2,(H2,8,14)(H,9,10)(H,12,13). The molecule has 2 amide bonds. The van der Waals surface area contributed by atoms with Crippen LogP contribution in [0.4, 0.5) is 10.5 Å². The molecule has 1 rings (SSSR count).